The summed E-state index contributed by atoms with van der Waals surface area (Å²) in [5.41, 5.74) is -0.607. The summed E-state index contributed by atoms with van der Waals surface area (Å²) in [6.07, 6.45) is 3.30. The van der Waals surface area contributed by atoms with E-state index in [9.17, 15) is 24.2 Å². The molecule has 1 atom stereocenters. The number of benzene rings is 2. The summed E-state index contributed by atoms with van der Waals surface area (Å²) in [4.78, 5) is 17.4. The number of ether oxygens (including phenoxy) is 1. The molecule has 0 radical (unpaired) electrons. The molecule has 186 valence electrons. The van der Waals surface area contributed by atoms with E-state index in [-0.39, 0.29) is 23.5 Å². The van der Waals surface area contributed by atoms with Gasteiger partial charge >= 0.3 is 10.2 Å². The molecule has 3 aromatic rings. The summed E-state index contributed by atoms with van der Waals surface area (Å²) >= 11 is 0. The van der Waals surface area contributed by atoms with Crippen LogP contribution in [0.1, 0.15) is 32.0 Å². The lowest BCUT2D eigenvalue weighted by Crippen LogP contribution is -2.28. The number of likely N-dealkylation sites (tertiary alicyclic amines) is 1. The Morgan fingerprint density at radius 3 is 2.41 bits per heavy atom. The monoisotopic (exact) mass is 503 g/mol. The number of aryl methyl sites for hydroxylation is 1. The number of nitrogens with zero attached hydrogens (tertiary/aromatic N) is 3. The van der Waals surface area contributed by atoms with Crippen LogP contribution >= 0.6 is 10.2 Å². The minimum absolute atomic E-state index is 0.0865. The van der Waals surface area contributed by atoms with Crippen LogP contribution in [-0.2, 0) is 0 Å². The van der Waals surface area contributed by atoms with Gasteiger partial charge in [0.1, 0.15) is 16.5 Å². The molecule has 0 bridgehead atoms. The van der Waals surface area contributed by atoms with E-state index in [1.807, 2.05) is 0 Å². The van der Waals surface area contributed by atoms with E-state index in [0.717, 1.165) is 30.1 Å². The van der Waals surface area contributed by atoms with Gasteiger partial charge in [-0.15, -0.1) is 0 Å². The van der Waals surface area contributed by atoms with Crippen molar-refractivity contribution in [1.82, 2.24) is 14.5 Å². The van der Waals surface area contributed by atoms with Crippen LogP contribution in [0.5, 0.6) is 5.75 Å². The first kappa shape index (κ1) is 24.5. The Kier molecular flexibility index (Phi) is 5.72. The molecule has 0 unspecified atom stereocenters. The summed E-state index contributed by atoms with van der Waals surface area (Å²) in [7, 11) is -9.93. The topological polar surface area (TPSA) is 47.4 Å². The second-order valence-electron chi connectivity index (χ2n) is 8.67. The maximum Gasteiger partial charge on any atom is 0.310 e. The highest BCUT2D eigenvalue weighted by Gasteiger charge is 2.65. The van der Waals surface area contributed by atoms with Crippen LogP contribution < -0.4 is 10.3 Å². The molecular formula is C23H26F5N3O2S. The largest absolute Gasteiger partial charge is 0.494 e. The number of hydrogen-bond acceptors (Lipinski definition) is 4. The average molecular weight is 504 g/mol. The average Bonchev–Trinajstić information content (AvgIpc) is 3.15. The number of rotatable bonds is 7. The third-order valence-corrected chi connectivity index (χ3v) is 7.24. The molecule has 5 nitrogen and oxygen atoms in total. The van der Waals surface area contributed by atoms with Crippen LogP contribution in [0, 0.1) is 6.92 Å². The summed E-state index contributed by atoms with van der Waals surface area (Å²) < 4.78 is 73.1. The van der Waals surface area contributed by atoms with Gasteiger partial charge in [-0.2, -0.15) is 0 Å². The zero-order chi connectivity index (χ0) is 24.8. The first-order chi connectivity index (χ1) is 15.7. The van der Waals surface area contributed by atoms with Crippen LogP contribution in [0.15, 0.2) is 52.2 Å². The molecule has 1 aromatic heterocycles. The molecule has 2 heterocycles. The molecule has 0 saturated carbocycles. The molecule has 2 aromatic carbocycles. The van der Waals surface area contributed by atoms with Crippen molar-refractivity contribution in [1.29, 1.82) is 0 Å². The lowest BCUT2D eigenvalue weighted by Gasteiger charge is -2.40. The lowest BCUT2D eigenvalue weighted by atomic mass is 10.2. The van der Waals surface area contributed by atoms with E-state index in [0.29, 0.717) is 24.1 Å². The van der Waals surface area contributed by atoms with Crippen molar-refractivity contribution >= 4 is 21.1 Å². The zero-order valence-corrected chi connectivity index (χ0v) is 19.6. The number of hydrogen-bond donors (Lipinski definition) is 0. The van der Waals surface area contributed by atoms with Crippen molar-refractivity contribution in [3.05, 3.63) is 58.6 Å². The van der Waals surface area contributed by atoms with Crippen molar-refractivity contribution in [2.75, 3.05) is 19.7 Å². The highest BCUT2D eigenvalue weighted by atomic mass is 32.5. The molecule has 0 amide bonds. The van der Waals surface area contributed by atoms with Crippen LogP contribution in [0.2, 0.25) is 0 Å². The van der Waals surface area contributed by atoms with Crippen LogP contribution in [-0.4, -0.2) is 40.2 Å². The van der Waals surface area contributed by atoms with E-state index in [4.69, 9.17) is 4.74 Å². The maximum absolute atomic E-state index is 13.2. The maximum atomic E-state index is 13.2. The molecule has 1 fully saturated rings. The Morgan fingerprint density at radius 1 is 1.09 bits per heavy atom. The second-order valence-corrected chi connectivity index (χ2v) is 11.1. The quantitative estimate of drug-likeness (QED) is 0.269. The minimum Gasteiger partial charge on any atom is -0.494 e. The first-order valence-corrected chi connectivity index (χ1v) is 12.9. The van der Waals surface area contributed by atoms with Gasteiger partial charge in [0, 0.05) is 12.6 Å². The third-order valence-electron chi connectivity index (χ3n) is 6.10. The number of aromatic nitrogens is 2. The Hall–Kier alpha value is -2.66. The molecule has 11 heteroatoms. The van der Waals surface area contributed by atoms with E-state index in [1.54, 1.807) is 24.3 Å². The summed E-state index contributed by atoms with van der Waals surface area (Å²) in [6, 6.07) is 8.28. The standard InChI is InChI=1S/C23H26F5N3O2S/c1-16-5-3-12-30(16)13-4-14-33-19-8-6-18(7-9-19)31-17(2)29-22-11-10-20(15-21(22)23(31)32)34(24,25,26,27)28/h6-11,15-16H,3-5,12-14H2,1-2H3/t16-/m1/s1. The third kappa shape index (κ3) is 5.20. The fourth-order valence-electron chi connectivity index (χ4n) is 4.29. The Bertz CT molecular complexity index is 1280. The Labute approximate surface area is 193 Å². The van der Waals surface area contributed by atoms with E-state index >= 15 is 0 Å². The van der Waals surface area contributed by atoms with Gasteiger partial charge in [0.15, 0.2) is 0 Å². The van der Waals surface area contributed by atoms with Gasteiger partial charge in [0.25, 0.3) is 5.56 Å². The molecule has 0 N–H and O–H groups in total. The molecular weight excluding hydrogens is 477 g/mol. The fourth-order valence-corrected chi connectivity index (χ4v) is 4.96. The summed E-state index contributed by atoms with van der Waals surface area (Å²) in [5.74, 6) is 0.798. The SMILES string of the molecule is Cc1nc2ccc(S(F)(F)(F)(F)F)cc2c(=O)n1-c1ccc(OCCCN2CCC[C@H]2C)cc1. The van der Waals surface area contributed by atoms with E-state index < -0.39 is 26.1 Å². The van der Waals surface area contributed by atoms with Gasteiger partial charge in [-0.25, -0.2) is 4.98 Å². The van der Waals surface area contributed by atoms with E-state index in [1.165, 1.54) is 19.8 Å². The fraction of sp³-hybridized carbons (Fsp3) is 0.391. The number of halogens is 5. The predicted octanol–water partition coefficient (Wildman–Crippen LogP) is 6.60. The van der Waals surface area contributed by atoms with Crippen molar-refractivity contribution in [2.24, 2.45) is 0 Å². The Morgan fingerprint density at radius 2 is 1.79 bits per heavy atom. The van der Waals surface area contributed by atoms with Crippen molar-refractivity contribution in [3.63, 3.8) is 0 Å². The summed E-state index contributed by atoms with van der Waals surface area (Å²) in [5, 5.41) is -0.534. The molecule has 1 aliphatic heterocycles. The van der Waals surface area contributed by atoms with Crippen LogP contribution in [0.4, 0.5) is 19.4 Å². The minimum atomic E-state index is -9.93. The van der Waals surface area contributed by atoms with Gasteiger partial charge in [-0.3, -0.25) is 9.36 Å². The summed E-state index contributed by atoms with van der Waals surface area (Å²) in [6.45, 7) is 6.32. The van der Waals surface area contributed by atoms with Crippen molar-refractivity contribution in [3.8, 4) is 11.4 Å². The lowest BCUT2D eigenvalue weighted by molar-refractivity contribution is 0.230. The van der Waals surface area contributed by atoms with Gasteiger partial charge in [0.2, 0.25) is 0 Å². The van der Waals surface area contributed by atoms with Gasteiger partial charge < -0.3 is 9.64 Å². The predicted molar refractivity (Wildman–Crippen MR) is 124 cm³/mol. The molecule has 0 aliphatic carbocycles. The smallest absolute Gasteiger partial charge is 0.310 e. The molecule has 0 spiro atoms. The first-order valence-electron chi connectivity index (χ1n) is 11.0. The Balaban J connectivity index is 1.55. The molecule has 4 rings (SSSR count). The van der Waals surface area contributed by atoms with Crippen LogP contribution in [0.3, 0.4) is 0 Å². The van der Waals surface area contributed by atoms with Crippen molar-refractivity contribution < 1.29 is 24.2 Å². The highest BCUT2D eigenvalue weighted by molar-refractivity contribution is 8.45. The normalized spacial score (nSPS) is 19.2. The second kappa shape index (κ2) is 7.94. The van der Waals surface area contributed by atoms with E-state index in [2.05, 4.69) is 16.8 Å². The van der Waals surface area contributed by atoms with Gasteiger partial charge in [0.05, 0.1) is 23.2 Å². The molecule has 1 saturated heterocycles. The number of fused-ring (bicyclic) bond motifs is 1. The van der Waals surface area contributed by atoms with Gasteiger partial charge in [-0.1, -0.05) is 19.4 Å². The zero-order valence-electron chi connectivity index (χ0n) is 18.8. The highest BCUT2D eigenvalue weighted by Crippen LogP contribution is 3.02. The molecule has 34 heavy (non-hydrogen) atoms. The molecule has 1 aliphatic rings. The van der Waals surface area contributed by atoms with Crippen molar-refractivity contribution in [2.45, 2.75) is 44.0 Å². The van der Waals surface area contributed by atoms with Crippen LogP contribution in [0.25, 0.3) is 16.6 Å². The van der Waals surface area contributed by atoms with Gasteiger partial charge in [-0.05, 0) is 82.1 Å².